The summed E-state index contributed by atoms with van der Waals surface area (Å²) in [6.07, 6.45) is 0.559. The number of rotatable bonds is 3. The third-order valence-corrected chi connectivity index (χ3v) is 3.95. The van der Waals surface area contributed by atoms with E-state index in [1.54, 1.807) is 19.2 Å². The van der Waals surface area contributed by atoms with Crippen molar-refractivity contribution in [2.75, 3.05) is 7.11 Å². The number of phenols is 1. The molecule has 0 saturated heterocycles. The number of phenolic OH excluding ortho intramolecular Hbond substituents is 1. The second kappa shape index (κ2) is 6.12. The van der Waals surface area contributed by atoms with Crippen molar-refractivity contribution in [1.82, 2.24) is 5.01 Å². The van der Waals surface area contributed by atoms with E-state index in [-0.39, 0.29) is 17.7 Å². The molecule has 2 aromatic rings. The van der Waals surface area contributed by atoms with Gasteiger partial charge in [-0.15, -0.1) is 0 Å². The second-order valence-corrected chi connectivity index (χ2v) is 5.42. The van der Waals surface area contributed by atoms with Gasteiger partial charge in [-0.25, -0.2) is 5.01 Å². The van der Waals surface area contributed by atoms with Gasteiger partial charge >= 0.3 is 0 Å². The zero-order chi connectivity index (χ0) is 16.4. The van der Waals surface area contributed by atoms with Gasteiger partial charge < -0.3 is 9.84 Å². The number of para-hydroxylation sites is 1. The van der Waals surface area contributed by atoms with Crippen LogP contribution in [-0.2, 0) is 4.79 Å². The SMILES string of the molecule is COc1ccc([C@@H]2CC(c3ccccc3O)=NN2C(C)=O)cc1. The predicted octanol–water partition coefficient (Wildman–Crippen LogP) is 3.10. The lowest BCUT2D eigenvalue weighted by molar-refractivity contribution is -0.130. The maximum absolute atomic E-state index is 11.9. The van der Waals surface area contributed by atoms with Gasteiger partial charge in [-0.05, 0) is 29.8 Å². The van der Waals surface area contributed by atoms with E-state index in [2.05, 4.69) is 5.10 Å². The van der Waals surface area contributed by atoms with Crippen LogP contribution in [0.3, 0.4) is 0 Å². The van der Waals surface area contributed by atoms with E-state index in [0.29, 0.717) is 17.7 Å². The summed E-state index contributed by atoms with van der Waals surface area (Å²) >= 11 is 0. The summed E-state index contributed by atoms with van der Waals surface area (Å²) in [6, 6.07) is 14.5. The van der Waals surface area contributed by atoms with E-state index in [1.165, 1.54) is 11.9 Å². The Bertz CT molecular complexity index is 753. The molecule has 1 heterocycles. The molecule has 1 amide bonds. The molecule has 0 saturated carbocycles. The van der Waals surface area contributed by atoms with Gasteiger partial charge in [-0.1, -0.05) is 24.3 Å². The van der Waals surface area contributed by atoms with Gasteiger partial charge in [0.2, 0.25) is 5.91 Å². The van der Waals surface area contributed by atoms with Crippen molar-refractivity contribution in [3.63, 3.8) is 0 Å². The van der Waals surface area contributed by atoms with Crippen LogP contribution in [0.15, 0.2) is 53.6 Å². The number of methoxy groups -OCH3 is 1. The molecule has 1 aliphatic rings. The number of hydrogen-bond donors (Lipinski definition) is 1. The maximum Gasteiger partial charge on any atom is 0.240 e. The van der Waals surface area contributed by atoms with Crippen LogP contribution in [0.25, 0.3) is 0 Å². The first kappa shape index (κ1) is 15.1. The largest absolute Gasteiger partial charge is 0.507 e. The molecule has 0 radical (unpaired) electrons. The first-order valence-corrected chi connectivity index (χ1v) is 7.39. The van der Waals surface area contributed by atoms with Crippen molar-refractivity contribution in [2.24, 2.45) is 5.10 Å². The highest BCUT2D eigenvalue weighted by Gasteiger charge is 2.32. The summed E-state index contributed by atoms with van der Waals surface area (Å²) in [5, 5.41) is 15.9. The van der Waals surface area contributed by atoms with Crippen LogP contribution in [0, 0.1) is 0 Å². The fraction of sp³-hybridized carbons (Fsp3) is 0.222. The molecule has 118 valence electrons. The fourth-order valence-electron chi connectivity index (χ4n) is 2.77. The second-order valence-electron chi connectivity index (χ2n) is 5.42. The van der Waals surface area contributed by atoms with E-state index in [4.69, 9.17) is 4.74 Å². The molecule has 0 unspecified atom stereocenters. The van der Waals surface area contributed by atoms with Gasteiger partial charge in [0.05, 0.1) is 18.9 Å². The molecule has 1 N–H and O–H groups in total. The third kappa shape index (κ3) is 2.90. The van der Waals surface area contributed by atoms with Crippen LogP contribution in [0.4, 0.5) is 0 Å². The molecule has 1 aliphatic heterocycles. The van der Waals surface area contributed by atoms with E-state index in [0.717, 1.165) is 11.3 Å². The van der Waals surface area contributed by atoms with Crippen LogP contribution in [0.5, 0.6) is 11.5 Å². The molecular weight excluding hydrogens is 292 g/mol. The topological polar surface area (TPSA) is 62.1 Å². The lowest BCUT2D eigenvalue weighted by atomic mass is 9.98. The van der Waals surface area contributed by atoms with Crippen molar-refractivity contribution < 1.29 is 14.6 Å². The molecule has 1 atom stereocenters. The Balaban J connectivity index is 1.94. The van der Waals surface area contributed by atoms with Crippen LogP contribution in [0.2, 0.25) is 0 Å². The highest BCUT2D eigenvalue weighted by Crippen LogP contribution is 2.35. The van der Waals surface area contributed by atoms with E-state index >= 15 is 0 Å². The monoisotopic (exact) mass is 310 g/mol. The first-order valence-electron chi connectivity index (χ1n) is 7.39. The number of benzene rings is 2. The summed E-state index contributed by atoms with van der Waals surface area (Å²) in [6.45, 7) is 1.49. The lowest BCUT2D eigenvalue weighted by Crippen LogP contribution is -2.24. The smallest absolute Gasteiger partial charge is 0.240 e. The molecule has 23 heavy (non-hydrogen) atoms. The highest BCUT2D eigenvalue weighted by molar-refractivity contribution is 6.05. The summed E-state index contributed by atoms with van der Waals surface area (Å²) in [5.41, 5.74) is 2.35. The van der Waals surface area contributed by atoms with Gasteiger partial charge in [0.15, 0.2) is 0 Å². The quantitative estimate of drug-likeness (QED) is 0.947. The Hall–Kier alpha value is -2.82. The summed E-state index contributed by atoms with van der Waals surface area (Å²) < 4.78 is 5.17. The average molecular weight is 310 g/mol. The van der Waals surface area contributed by atoms with E-state index < -0.39 is 0 Å². The van der Waals surface area contributed by atoms with Gasteiger partial charge in [0.1, 0.15) is 11.5 Å². The Morgan fingerprint density at radius 3 is 2.52 bits per heavy atom. The summed E-state index contributed by atoms with van der Waals surface area (Å²) in [5.74, 6) is 0.810. The standard InChI is InChI=1S/C18H18N2O3/c1-12(21)20-17(13-7-9-14(23-2)10-8-13)11-16(19-20)15-5-3-4-6-18(15)22/h3-10,17,22H,11H2,1-2H3/t17-/m0/s1. The van der Waals surface area contributed by atoms with Gasteiger partial charge in [0, 0.05) is 18.9 Å². The fourth-order valence-corrected chi connectivity index (χ4v) is 2.77. The number of nitrogens with zero attached hydrogens (tertiary/aromatic N) is 2. The minimum absolute atomic E-state index is 0.128. The van der Waals surface area contributed by atoms with Crippen LogP contribution in [0.1, 0.15) is 30.5 Å². The highest BCUT2D eigenvalue weighted by atomic mass is 16.5. The van der Waals surface area contributed by atoms with Gasteiger partial charge in [-0.3, -0.25) is 4.79 Å². The summed E-state index contributed by atoms with van der Waals surface area (Å²) in [4.78, 5) is 11.9. The summed E-state index contributed by atoms with van der Waals surface area (Å²) in [7, 11) is 1.62. The van der Waals surface area contributed by atoms with Crippen LogP contribution >= 0.6 is 0 Å². The number of hydrazone groups is 1. The predicted molar refractivity (Wildman–Crippen MR) is 87.5 cm³/mol. The Morgan fingerprint density at radius 2 is 1.91 bits per heavy atom. The van der Waals surface area contributed by atoms with E-state index in [1.807, 2.05) is 36.4 Å². The van der Waals surface area contributed by atoms with Crippen LogP contribution < -0.4 is 4.74 Å². The molecule has 0 fully saturated rings. The Morgan fingerprint density at radius 1 is 1.22 bits per heavy atom. The normalized spacial score (nSPS) is 17.0. The molecular formula is C18H18N2O3. The van der Waals surface area contributed by atoms with Gasteiger partial charge in [-0.2, -0.15) is 5.10 Å². The van der Waals surface area contributed by atoms with E-state index in [9.17, 15) is 9.90 Å². The van der Waals surface area contributed by atoms with Gasteiger partial charge in [0.25, 0.3) is 0 Å². The molecule has 3 rings (SSSR count). The molecule has 5 nitrogen and oxygen atoms in total. The lowest BCUT2D eigenvalue weighted by Gasteiger charge is -2.20. The minimum Gasteiger partial charge on any atom is -0.507 e. The molecule has 0 spiro atoms. The number of hydrogen-bond acceptors (Lipinski definition) is 4. The van der Waals surface area contributed by atoms with Crippen molar-refractivity contribution in [1.29, 1.82) is 0 Å². The number of aromatic hydroxyl groups is 1. The molecule has 5 heteroatoms. The number of carbonyl (C=O) groups is 1. The van der Waals surface area contributed by atoms with Crippen LogP contribution in [-0.4, -0.2) is 28.8 Å². The first-order chi connectivity index (χ1) is 11.1. The Kier molecular flexibility index (Phi) is 4.02. The number of carbonyl (C=O) groups excluding carboxylic acids is 1. The van der Waals surface area contributed by atoms with Crippen molar-refractivity contribution in [3.8, 4) is 11.5 Å². The van der Waals surface area contributed by atoms with Crippen molar-refractivity contribution in [2.45, 2.75) is 19.4 Å². The third-order valence-electron chi connectivity index (χ3n) is 3.95. The van der Waals surface area contributed by atoms with Crippen molar-refractivity contribution >= 4 is 11.6 Å². The molecule has 0 aliphatic carbocycles. The zero-order valence-corrected chi connectivity index (χ0v) is 13.1. The average Bonchev–Trinajstić information content (AvgIpc) is 3.01. The number of amides is 1. The number of ether oxygens (including phenoxy) is 1. The van der Waals surface area contributed by atoms with Crippen molar-refractivity contribution in [3.05, 3.63) is 59.7 Å². The minimum atomic E-state index is -0.173. The zero-order valence-electron chi connectivity index (χ0n) is 13.1. The molecule has 0 aromatic heterocycles. The Labute approximate surface area is 134 Å². The molecule has 0 bridgehead atoms. The molecule has 2 aromatic carbocycles. The maximum atomic E-state index is 11.9.